The topological polar surface area (TPSA) is 66.9 Å². The normalized spacial score (nSPS) is 29.2. The summed E-state index contributed by atoms with van der Waals surface area (Å²) in [4.78, 5) is 8.17. The Hall–Kier alpha value is -2.08. The van der Waals surface area contributed by atoms with Crippen LogP contribution in [0.4, 0.5) is 30.6 Å². The first-order valence-electron chi connectivity index (χ1n) is 11.2. The van der Waals surface area contributed by atoms with E-state index in [2.05, 4.69) is 20.6 Å². The maximum atomic E-state index is 13.7. The third kappa shape index (κ3) is 4.26. The third-order valence-electron chi connectivity index (χ3n) is 7.37. The van der Waals surface area contributed by atoms with E-state index in [1.807, 2.05) is 0 Å². The highest BCUT2D eigenvalue weighted by Gasteiger charge is 2.49. The molecule has 0 unspecified atom stereocenters. The van der Waals surface area contributed by atoms with Crippen molar-refractivity contribution in [3.63, 3.8) is 0 Å². The fourth-order valence-electron chi connectivity index (χ4n) is 6.11. The number of aromatic nitrogens is 2. The molecule has 4 fully saturated rings. The highest BCUT2D eigenvalue weighted by molar-refractivity contribution is 7.70. The molecule has 0 amide bonds. The average Bonchev–Trinajstić information content (AvgIpc) is 2.69. The molecule has 172 valence electrons. The van der Waals surface area contributed by atoms with Gasteiger partial charge < -0.3 is 15.2 Å². The molecule has 9 heteroatoms. The molecule has 1 aromatic heterocycles. The van der Waals surface area contributed by atoms with Gasteiger partial charge in [-0.2, -0.15) is 18.2 Å². The van der Waals surface area contributed by atoms with E-state index in [0.29, 0.717) is 17.5 Å². The number of halogens is 3. The van der Waals surface area contributed by atoms with Crippen molar-refractivity contribution in [1.82, 2.24) is 9.97 Å². The number of nitrogens with zero attached hydrogens (tertiary/aromatic N) is 2. The minimum Gasteiger partial charge on any atom is -0.366 e. The van der Waals surface area contributed by atoms with Crippen LogP contribution in [0.1, 0.15) is 37.7 Å². The number of nitrogens with one attached hydrogen (secondary N) is 2. The monoisotopic (exact) mass is 464 g/mol. The van der Waals surface area contributed by atoms with Crippen molar-refractivity contribution in [3.8, 4) is 0 Å². The molecule has 6 rings (SSSR count). The molecule has 32 heavy (non-hydrogen) atoms. The van der Waals surface area contributed by atoms with Gasteiger partial charge in [0.2, 0.25) is 5.95 Å². The summed E-state index contributed by atoms with van der Waals surface area (Å²) in [5.41, 5.74) is -0.201. The van der Waals surface area contributed by atoms with Crippen LogP contribution in [0, 0.1) is 23.7 Å². The van der Waals surface area contributed by atoms with Gasteiger partial charge in [-0.05, 0) is 93.4 Å². The second-order valence-electron chi connectivity index (χ2n) is 10.1. The molecule has 2 aromatic rings. The van der Waals surface area contributed by atoms with Crippen molar-refractivity contribution in [2.45, 2.75) is 44.3 Å². The highest BCUT2D eigenvalue weighted by atomic mass is 31.2. The Morgan fingerprint density at radius 3 is 2.09 bits per heavy atom. The molecule has 4 aliphatic rings. The number of anilines is 3. The first-order chi connectivity index (χ1) is 15.1. The van der Waals surface area contributed by atoms with Crippen LogP contribution in [0.2, 0.25) is 0 Å². The number of hydrogen-bond acceptors (Lipinski definition) is 5. The van der Waals surface area contributed by atoms with Gasteiger partial charge in [-0.1, -0.05) is 0 Å². The van der Waals surface area contributed by atoms with Gasteiger partial charge in [-0.25, -0.2) is 4.98 Å². The summed E-state index contributed by atoms with van der Waals surface area (Å²) >= 11 is 0. The Morgan fingerprint density at radius 1 is 0.969 bits per heavy atom. The quantitative estimate of drug-likeness (QED) is 0.554. The Morgan fingerprint density at radius 2 is 1.56 bits per heavy atom. The predicted molar refractivity (Wildman–Crippen MR) is 120 cm³/mol. The molecule has 4 bridgehead atoms. The molecular formula is C23H28F3N4OP. The van der Waals surface area contributed by atoms with Crippen LogP contribution in [0.15, 0.2) is 30.5 Å². The first kappa shape index (κ1) is 21.7. The molecule has 2 N–H and O–H groups in total. The fraction of sp³-hybridized carbons (Fsp3) is 0.565. The second-order valence-corrected chi connectivity index (χ2v) is 13.3. The maximum absolute atomic E-state index is 13.7. The van der Waals surface area contributed by atoms with Gasteiger partial charge >= 0.3 is 6.18 Å². The Labute approximate surface area is 186 Å². The molecular weight excluding hydrogens is 436 g/mol. The minimum absolute atomic E-state index is 0.0363. The first-order valence-corrected chi connectivity index (χ1v) is 13.8. The number of hydrogen-bond donors (Lipinski definition) is 2. The van der Waals surface area contributed by atoms with Crippen molar-refractivity contribution in [1.29, 1.82) is 0 Å². The molecule has 0 radical (unpaired) electrons. The molecule has 5 nitrogen and oxygen atoms in total. The molecule has 1 heterocycles. The zero-order valence-electron chi connectivity index (χ0n) is 18.2. The largest absolute Gasteiger partial charge is 0.421 e. The summed E-state index contributed by atoms with van der Waals surface area (Å²) < 4.78 is 53.3. The molecule has 0 spiro atoms. The summed E-state index contributed by atoms with van der Waals surface area (Å²) in [6.07, 6.45) is 2.03. The Balaban J connectivity index is 1.40. The summed E-state index contributed by atoms with van der Waals surface area (Å²) in [6.45, 7) is 3.38. The number of alkyl halides is 3. The Bertz CT molecular complexity index is 1020. The predicted octanol–water partition coefficient (Wildman–Crippen LogP) is 5.72. The van der Waals surface area contributed by atoms with E-state index in [9.17, 15) is 17.7 Å². The van der Waals surface area contributed by atoms with Crippen LogP contribution in [-0.2, 0) is 10.7 Å². The van der Waals surface area contributed by atoms with E-state index in [1.165, 1.54) is 6.42 Å². The van der Waals surface area contributed by atoms with E-state index < -0.39 is 18.9 Å². The molecule has 0 aliphatic heterocycles. The SMILES string of the molecule is CP(C)(=O)c1ccc(Nc2ncc(C(F)(F)F)c(NC3C4CC5CC(C4)CC3C5)n2)cc1. The molecule has 0 saturated heterocycles. The molecule has 0 atom stereocenters. The van der Waals surface area contributed by atoms with Crippen LogP contribution >= 0.6 is 7.14 Å². The van der Waals surface area contributed by atoms with Crippen molar-refractivity contribution < 1.29 is 17.7 Å². The second kappa shape index (κ2) is 7.75. The van der Waals surface area contributed by atoms with Gasteiger partial charge in [0.1, 0.15) is 18.5 Å². The van der Waals surface area contributed by atoms with Crippen molar-refractivity contribution >= 4 is 29.9 Å². The van der Waals surface area contributed by atoms with Crippen molar-refractivity contribution in [2.75, 3.05) is 24.0 Å². The summed E-state index contributed by atoms with van der Waals surface area (Å²) in [5, 5.41) is 6.93. The molecule has 4 aliphatic carbocycles. The van der Waals surface area contributed by atoms with E-state index >= 15 is 0 Å². The van der Waals surface area contributed by atoms with Gasteiger partial charge in [-0.15, -0.1) is 0 Å². The summed E-state index contributed by atoms with van der Waals surface area (Å²) in [7, 11) is -2.38. The van der Waals surface area contributed by atoms with E-state index in [0.717, 1.165) is 49.0 Å². The Kier molecular flexibility index (Phi) is 5.27. The maximum Gasteiger partial charge on any atom is 0.421 e. The minimum atomic E-state index is -4.53. The van der Waals surface area contributed by atoms with Gasteiger partial charge in [0.25, 0.3) is 0 Å². The van der Waals surface area contributed by atoms with Crippen LogP contribution in [0.25, 0.3) is 0 Å². The zero-order chi connectivity index (χ0) is 22.7. The lowest BCUT2D eigenvalue weighted by molar-refractivity contribution is -0.137. The zero-order valence-corrected chi connectivity index (χ0v) is 19.1. The highest BCUT2D eigenvalue weighted by Crippen LogP contribution is 2.54. The van der Waals surface area contributed by atoms with Crippen LogP contribution in [-0.4, -0.2) is 29.3 Å². The summed E-state index contributed by atoms with van der Waals surface area (Å²) in [6, 6.07) is 7.01. The smallest absolute Gasteiger partial charge is 0.366 e. The van der Waals surface area contributed by atoms with E-state index in [1.54, 1.807) is 37.6 Å². The third-order valence-corrected chi connectivity index (χ3v) is 8.91. The standard InChI is InChI=1S/C23H28F3N4OP/c1-32(2,31)18-5-3-17(4-6-18)28-22-27-12-19(23(24,25)26)21(30-22)29-20-15-8-13-7-14(10-15)11-16(20)9-13/h3-6,12-16,20H,7-11H2,1-2H3,(H2,27,28,29,30). The molecule has 4 saturated carbocycles. The van der Waals surface area contributed by atoms with Crippen LogP contribution in [0.5, 0.6) is 0 Å². The van der Waals surface area contributed by atoms with Gasteiger partial charge in [0.05, 0.1) is 0 Å². The number of rotatable bonds is 5. The van der Waals surface area contributed by atoms with Crippen LogP contribution in [0.3, 0.4) is 0 Å². The van der Waals surface area contributed by atoms with Gasteiger partial charge in [0, 0.05) is 23.2 Å². The van der Waals surface area contributed by atoms with Crippen LogP contribution < -0.4 is 15.9 Å². The lowest BCUT2D eigenvalue weighted by atomic mass is 9.54. The summed E-state index contributed by atoms with van der Waals surface area (Å²) in [5.74, 6) is 2.29. The van der Waals surface area contributed by atoms with Gasteiger partial charge in [0.15, 0.2) is 0 Å². The average molecular weight is 464 g/mol. The van der Waals surface area contributed by atoms with E-state index in [4.69, 9.17) is 0 Å². The lowest BCUT2D eigenvalue weighted by Gasteiger charge is -2.54. The van der Waals surface area contributed by atoms with Gasteiger partial charge in [-0.3, -0.25) is 0 Å². The molecule has 1 aromatic carbocycles. The lowest BCUT2D eigenvalue weighted by Crippen LogP contribution is -2.51. The van der Waals surface area contributed by atoms with E-state index in [-0.39, 0.29) is 17.8 Å². The van der Waals surface area contributed by atoms with Crippen molar-refractivity contribution in [2.24, 2.45) is 23.7 Å². The fourth-order valence-corrected chi connectivity index (χ4v) is 6.98. The number of benzene rings is 1. The van der Waals surface area contributed by atoms with Crippen molar-refractivity contribution in [3.05, 3.63) is 36.0 Å².